The van der Waals surface area contributed by atoms with Crippen molar-refractivity contribution in [2.24, 2.45) is 0 Å². The molecule has 0 amide bonds. The quantitative estimate of drug-likeness (QED) is 0.549. The van der Waals surface area contributed by atoms with Gasteiger partial charge in [0.2, 0.25) is 0 Å². The molecule has 2 aromatic rings. The average Bonchev–Trinajstić information content (AvgIpc) is 2.69. The number of fused-ring (bicyclic) bond motifs is 3. The van der Waals surface area contributed by atoms with Crippen LogP contribution in [-0.4, -0.2) is 24.5 Å². The van der Waals surface area contributed by atoms with Gasteiger partial charge in [-0.2, -0.15) is 0 Å². The molecule has 0 aliphatic heterocycles. The van der Waals surface area contributed by atoms with Crippen LogP contribution in [-0.2, 0) is 12.8 Å². The van der Waals surface area contributed by atoms with E-state index in [0.29, 0.717) is 19.7 Å². The topological polar surface area (TPSA) is 25.8 Å². The molecule has 0 atom stereocenters. The Labute approximate surface area is 113 Å². The summed E-state index contributed by atoms with van der Waals surface area (Å²) < 4.78 is 2.83. The fraction of sp³-hybridized carbons (Fsp3) is 0.538. The molecule has 0 aromatic carbocycles. The molecule has 0 radical (unpaired) electrons. The maximum absolute atomic E-state index is 6.22. The molecule has 0 saturated heterocycles. The third-order valence-electron chi connectivity index (χ3n) is 2.88. The van der Waals surface area contributed by atoms with Gasteiger partial charge >= 0.3 is 99.4 Å². The van der Waals surface area contributed by atoms with Gasteiger partial charge in [-0.3, -0.25) is 0 Å². The summed E-state index contributed by atoms with van der Waals surface area (Å²) in [5.41, 5.74) is 1.47. The van der Waals surface area contributed by atoms with Crippen LogP contribution in [0.15, 0.2) is 0 Å². The predicted octanol–water partition coefficient (Wildman–Crippen LogP) is 3.55. The molecule has 3 rings (SSSR count). The van der Waals surface area contributed by atoms with Crippen molar-refractivity contribution in [3.8, 4) is 0 Å². The number of aromatic nitrogens is 2. The summed E-state index contributed by atoms with van der Waals surface area (Å²) in [7, 11) is 0. The molecule has 0 fully saturated rings. The number of aryl methyl sites for hydroxylation is 3. The van der Waals surface area contributed by atoms with Gasteiger partial charge in [0.1, 0.15) is 0 Å². The van der Waals surface area contributed by atoms with Crippen LogP contribution in [0.25, 0.3) is 9.78 Å². The molecule has 0 spiro atoms. The van der Waals surface area contributed by atoms with Crippen molar-refractivity contribution in [3.63, 3.8) is 0 Å². The van der Waals surface area contributed by atoms with Gasteiger partial charge in [0.05, 0.1) is 0 Å². The molecule has 1 aliphatic rings. The molecule has 0 saturated carbocycles. The Morgan fingerprint density at radius 1 is 1.12 bits per heavy atom. The van der Waals surface area contributed by atoms with Crippen LogP contribution in [0, 0.1) is 6.92 Å². The zero-order chi connectivity index (χ0) is 12.4. The predicted molar refractivity (Wildman–Crippen MR) is 74.2 cm³/mol. The first kappa shape index (κ1) is 13.1. The van der Waals surface area contributed by atoms with Gasteiger partial charge in [-0.15, -0.1) is 0 Å². The van der Waals surface area contributed by atoms with Crippen LogP contribution in [0.3, 0.4) is 0 Å². The van der Waals surface area contributed by atoms with Gasteiger partial charge in [-0.1, -0.05) is 13.8 Å². The molecule has 2 nitrogen and oxygen atoms in total. The standard InChI is InChI=1S/C11H11ClN2Se.C2H6/c1-6-13-10(12)9-7-4-2-3-5-8(7)15-11(9)14-6;1-2/h2-5H2,1H3;1-2H3. The summed E-state index contributed by atoms with van der Waals surface area (Å²) in [4.78, 5) is 8.80. The van der Waals surface area contributed by atoms with Gasteiger partial charge in [0.25, 0.3) is 0 Å². The summed E-state index contributed by atoms with van der Waals surface area (Å²) in [6.07, 6.45) is 5.05. The zero-order valence-electron chi connectivity index (χ0n) is 10.5. The van der Waals surface area contributed by atoms with Crippen LogP contribution in [0.1, 0.15) is 42.5 Å². The molecule has 92 valence electrons. The minimum atomic E-state index is 0.419. The zero-order valence-corrected chi connectivity index (χ0v) is 13.0. The van der Waals surface area contributed by atoms with Crippen LogP contribution in [0.5, 0.6) is 0 Å². The fourth-order valence-electron chi connectivity index (χ4n) is 2.21. The van der Waals surface area contributed by atoms with Crippen molar-refractivity contribution in [1.82, 2.24) is 9.97 Å². The minimum absolute atomic E-state index is 0.419. The van der Waals surface area contributed by atoms with Crippen LogP contribution >= 0.6 is 11.6 Å². The third kappa shape index (κ3) is 2.42. The van der Waals surface area contributed by atoms with Crippen LogP contribution in [0.4, 0.5) is 0 Å². The van der Waals surface area contributed by atoms with Crippen molar-refractivity contribution < 1.29 is 0 Å². The van der Waals surface area contributed by atoms with E-state index in [4.69, 9.17) is 11.6 Å². The number of hydrogen-bond acceptors (Lipinski definition) is 2. The van der Waals surface area contributed by atoms with Gasteiger partial charge in [-0.05, 0) is 0 Å². The van der Waals surface area contributed by atoms with Crippen LogP contribution < -0.4 is 0 Å². The number of hydrogen-bond donors (Lipinski definition) is 0. The summed E-state index contributed by atoms with van der Waals surface area (Å²) >= 11 is 6.64. The summed E-state index contributed by atoms with van der Waals surface area (Å²) in [5.74, 6) is 0.806. The van der Waals surface area contributed by atoms with Crippen molar-refractivity contribution >= 4 is 35.9 Å². The molecule has 0 unspecified atom stereocenters. The summed E-state index contributed by atoms with van der Waals surface area (Å²) in [6, 6.07) is 0. The fourth-order valence-corrected chi connectivity index (χ4v) is 5.41. The van der Waals surface area contributed by atoms with Gasteiger partial charge < -0.3 is 0 Å². The molecular formula is C13H17ClN2Se. The Bertz CT molecular complexity index is 534. The summed E-state index contributed by atoms with van der Waals surface area (Å²) in [5, 5.41) is 1.85. The van der Waals surface area contributed by atoms with E-state index in [1.807, 2.05) is 20.8 Å². The Kier molecular flexibility index (Phi) is 4.24. The average molecular weight is 316 g/mol. The Balaban J connectivity index is 0.000000514. The summed E-state index contributed by atoms with van der Waals surface area (Å²) in [6.45, 7) is 5.92. The first-order valence-corrected chi connectivity index (χ1v) is 8.29. The van der Waals surface area contributed by atoms with Crippen molar-refractivity contribution in [2.45, 2.75) is 46.5 Å². The van der Waals surface area contributed by atoms with E-state index in [-0.39, 0.29) is 0 Å². The molecule has 0 N–H and O–H groups in total. The van der Waals surface area contributed by atoms with E-state index in [0.717, 1.165) is 5.82 Å². The van der Waals surface area contributed by atoms with Crippen molar-refractivity contribution in [1.29, 1.82) is 0 Å². The maximum atomic E-state index is 6.22. The molecule has 17 heavy (non-hydrogen) atoms. The third-order valence-corrected chi connectivity index (χ3v) is 5.64. The van der Waals surface area contributed by atoms with E-state index in [1.165, 1.54) is 41.0 Å². The molecular weight excluding hydrogens is 299 g/mol. The van der Waals surface area contributed by atoms with E-state index in [9.17, 15) is 0 Å². The van der Waals surface area contributed by atoms with Crippen molar-refractivity contribution in [3.05, 3.63) is 21.0 Å². The second-order valence-electron chi connectivity index (χ2n) is 3.95. The number of halogens is 1. The Morgan fingerprint density at radius 3 is 2.59 bits per heavy atom. The van der Waals surface area contributed by atoms with Crippen molar-refractivity contribution in [2.75, 3.05) is 0 Å². The van der Waals surface area contributed by atoms with Gasteiger partial charge in [-0.25, -0.2) is 0 Å². The first-order chi connectivity index (χ1) is 8.25. The molecule has 1 aliphatic carbocycles. The molecule has 0 bridgehead atoms. The Morgan fingerprint density at radius 2 is 1.82 bits per heavy atom. The van der Waals surface area contributed by atoms with E-state index in [1.54, 1.807) is 4.44 Å². The monoisotopic (exact) mass is 316 g/mol. The molecule has 4 heteroatoms. The Hall–Kier alpha value is -0.371. The van der Waals surface area contributed by atoms with Crippen LogP contribution in [0.2, 0.25) is 5.15 Å². The molecule has 2 aromatic heterocycles. The first-order valence-electron chi connectivity index (χ1n) is 6.20. The second kappa shape index (κ2) is 5.51. The van der Waals surface area contributed by atoms with E-state index >= 15 is 0 Å². The van der Waals surface area contributed by atoms with E-state index < -0.39 is 0 Å². The van der Waals surface area contributed by atoms with E-state index in [2.05, 4.69) is 9.97 Å². The number of nitrogens with zero attached hydrogens (tertiary/aromatic N) is 2. The molecule has 2 heterocycles. The number of rotatable bonds is 0. The van der Waals surface area contributed by atoms with Gasteiger partial charge in [0, 0.05) is 0 Å². The van der Waals surface area contributed by atoms with Gasteiger partial charge in [0.15, 0.2) is 0 Å². The SMILES string of the molecule is CC.Cc1nc(Cl)c2c3c([se]c2n1)CCCC3. The second-order valence-corrected chi connectivity index (χ2v) is 6.58. The normalized spacial score (nSPS) is 14.1.